The van der Waals surface area contributed by atoms with Gasteiger partial charge in [0, 0.05) is 24.1 Å². The van der Waals surface area contributed by atoms with E-state index in [9.17, 15) is 0 Å². The molecule has 15 heavy (non-hydrogen) atoms. The monoisotopic (exact) mass is 222 g/mol. The van der Waals surface area contributed by atoms with Crippen molar-refractivity contribution in [2.75, 3.05) is 13.2 Å². The van der Waals surface area contributed by atoms with Crippen LogP contribution >= 0.6 is 11.3 Å². The average molecular weight is 222 g/mol. The summed E-state index contributed by atoms with van der Waals surface area (Å²) in [5.41, 5.74) is 0. The number of hydrogen-bond donors (Lipinski definition) is 1. The predicted octanol–water partition coefficient (Wildman–Crippen LogP) is 1.89. The molecular formula is C11H14N2OS. The molecule has 1 aliphatic heterocycles. The summed E-state index contributed by atoms with van der Waals surface area (Å²) in [6, 6.07) is 6.52. The molecule has 1 aromatic heterocycles. The van der Waals surface area contributed by atoms with Crippen LogP contribution in [0.25, 0.3) is 0 Å². The van der Waals surface area contributed by atoms with Crippen LogP contribution in [0.4, 0.5) is 0 Å². The highest BCUT2D eigenvalue weighted by Crippen LogP contribution is 2.15. The molecule has 1 aromatic rings. The zero-order valence-corrected chi connectivity index (χ0v) is 9.35. The number of nitrogens with zero attached hydrogens (tertiary/aromatic N) is 1. The van der Waals surface area contributed by atoms with Crippen LogP contribution in [0.15, 0.2) is 12.1 Å². The maximum Gasteiger partial charge on any atom is 0.110 e. The fraction of sp³-hybridized carbons (Fsp3) is 0.545. The Morgan fingerprint density at radius 2 is 2.53 bits per heavy atom. The van der Waals surface area contributed by atoms with E-state index in [-0.39, 0.29) is 0 Å². The first-order valence-corrected chi connectivity index (χ1v) is 6.00. The van der Waals surface area contributed by atoms with Gasteiger partial charge >= 0.3 is 0 Å². The number of thiophene rings is 1. The molecule has 0 radical (unpaired) electrons. The van der Waals surface area contributed by atoms with Gasteiger partial charge in [0.25, 0.3) is 0 Å². The predicted molar refractivity (Wildman–Crippen MR) is 59.7 cm³/mol. The van der Waals surface area contributed by atoms with Crippen LogP contribution in [-0.2, 0) is 11.3 Å². The molecule has 0 amide bonds. The van der Waals surface area contributed by atoms with Crippen LogP contribution in [0.3, 0.4) is 0 Å². The summed E-state index contributed by atoms with van der Waals surface area (Å²) in [6.07, 6.45) is 2.34. The minimum atomic E-state index is 0.478. The highest BCUT2D eigenvalue weighted by atomic mass is 32.1. The lowest BCUT2D eigenvalue weighted by Crippen LogP contribution is -2.36. The van der Waals surface area contributed by atoms with E-state index >= 15 is 0 Å². The van der Waals surface area contributed by atoms with Crippen molar-refractivity contribution in [2.24, 2.45) is 0 Å². The molecule has 2 heterocycles. The van der Waals surface area contributed by atoms with E-state index in [0.29, 0.717) is 6.04 Å². The van der Waals surface area contributed by atoms with E-state index in [0.717, 1.165) is 31.1 Å². The summed E-state index contributed by atoms with van der Waals surface area (Å²) in [5, 5.41) is 12.1. The fourth-order valence-electron chi connectivity index (χ4n) is 1.68. The Labute approximate surface area is 93.7 Å². The Bertz CT molecular complexity index is 350. The third-order valence-electron chi connectivity index (χ3n) is 2.50. The highest BCUT2D eigenvalue weighted by Gasteiger charge is 2.13. The smallest absolute Gasteiger partial charge is 0.110 e. The first-order valence-electron chi connectivity index (χ1n) is 5.18. The van der Waals surface area contributed by atoms with Gasteiger partial charge in [-0.15, -0.1) is 11.3 Å². The van der Waals surface area contributed by atoms with Gasteiger partial charge < -0.3 is 10.1 Å². The molecule has 0 aromatic carbocycles. The molecule has 1 fully saturated rings. The molecule has 1 aliphatic rings. The van der Waals surface area contributed by atoms with Crippen LogP contribution in [0, 0.1) is 11.3 Å². The Kier molecular flexibility index (Phi) is 3.73. The van der Waals surface area contributed by atoms with Crippen LogP contribution in [-0.4, -0.2) is 19.3 Å². The maximum atomic E-state index is 8.69. The van der Waals surface area contributed by atoms with Gasteiger partial charge in [0.2, 0.25) is 0 Å². The average Bonchev–Trinajstić information content (AvgIpc) is 2.76. The SMILES string of the molecule is N#Cc1ccc(CNC2CCCOC2)s1. The van der Waals surface area contributed by atoms with Crippen molar-refractivity contribution in [3.05, 3.63) is 21.9 Å². The van der Waals surface area contributed by atoms with Gasteiger partial charge in [0.05, 0.1) is 6.61 Å². The summed E-state index contributed by atoms with van der Waals surface area (Å²) in [4.78, 5) is 2.00. The molecule has 0 spiro atoms. The van der Waals surface area contributed by atoms with Gasteiger partial charge in [-0.05, 0) is 25.0 Å². The number of rotatable bonds is 3. The minimum Gasteiger partial charge on any atom is -0.380 e. The number of hydrogen-bond acceptors (Lipinski definition) is 4. The molecule has 0 bridgehead atoms. The highest BCUT2D eigenvalue weighted by molar-refractivity contribution is 7.12. The van der Waals surface area contributed by atoms with Gasteiger partial charge in [-0.3, -0.25) is 0 Å². The van der Waals surface area contributed by atoms with Gasteiger partial charge in [-0.25, -0.2) is 0 Å². The molecule has 0 aliphatic carbocycles. The molecule has 2 rings (SSSR count). The Hall–Kier alpha value is -0.890. The van der Waals surface area contributed by atoms with Crippen molar-refractivity contribution < 1.29 is 4.74 Å². The van der Waals surface area contributed by atoms with E-state index in [4.69, 9.17) is 10.00 Å². The first kappa shape index (κ1) is 10.6. The van der Waals surface area contributed by atoms with E-state index in [1.165, 1.54) is 11.3 Å². The summed E-state index contributed by atoms with van der Waals surface area (Å²) in [5.74, 6) is 0. The standard InChI is InChI=1S/C11H14N2OS/c12-6-10-3-4-11(15-10)7-13-9-2-1-5-14-8-9/h3-4,9,13H,1-2,5,7-8H2. The molecule has 0 saturated carbocycles. The Morgan fingerprint density at radius 1 is 1.60 bits per heavy atom. The van der Waals surface area contributed by atoms with E-state index in [1.54, 1.807) is 11.3 Å². The zero-order chi connectivity index (χ0) is 10.5. The van der Waals surface area contributed by atoms with Crippen LogP contribution in [0.2, 0.25) is 0 Å². The fourth-order valence-corrected chi connectivity index (χ4v) is 2.44. The summed E-state index contributed by atoms with van der Waals surface area (Å²) >= 11 is 1.56. The normalized spacial score (nSPS) is 21.1. The topological polar surface area (TPSA) is 45.0 Å². The summed E-state index contributed by atoms with van der Waals surface area (Å²) in [7, 11) is 0. The molecule has 3 nitrogen and oxygen atoms in total. The van der Waals surface area contributed by atoms with E-state index in [2.05, 4.69) is 11.4 Å². The summed E-state index contributed by atoms with van der Waals surface area (Å²) in [6.45, 7) is 2.56. The molecule has 1 saturated heterocycles. The van der Waals surface area contributed by atoms with Gasteiger partial charge in [-0.1, -0.05) is 0 Å². The van der Waals surface area contributed by atoms with E-state index in [1.807, 2.05) is 12.1 Å². The second-order valence-corrected chi connectivity index (χ2v) is 4.84. The van der Waals surface area contributed by atoms with Gasteiger partial charge in [0.1, 0.15) is 10.9 Å². The molecule has 80 valence electrons. The lowest BCUT2D eigenvalue weighted by Gasteiger charge is -2.22. The van der Waals surface area contributed by atoms with Crippen molar-refractivity contribution in [1.82, 2.24) is 5.32 Å². The number of ether oxygens (including phenoxy) is 1. The first-order chi connectivity index (χ1) is 7.38. The summed E-state index contributed by atoms with van der Waals surface area (Å²) < 4.78 is 5.39. The van der Waals surface area contributed by atoms with Crippen molar-refractivity contribution in [3.63, 3.8) is 0 Å². The third-order valence-corrected chi connectivity index (χ3v) is 3.49. The van der Waals surface area contributed by atoms with Gasteiger partial charge in [-0.2, -0.15) is 5.26 Å². The van der Waals surface area contributed by atoms with Gasteiger partial charge in [0.15, 0.2) is 0 Å². The molecule has 1 N–H and O–H groups in total. The largest absolute Gasteiger partial charge is 0.380 e. The number of nitriles is 1. The molecule has 4 heteroatoms. The van der Waals surface area contributed by atoms with Crippen molar-refractivity contribution in [3.8, 4) is 6.07 Å². The second kappa shape index (κ2) is 5.26. The third kappa shape index (κ3) is 3.03. The lowest BCUT2D eigenvalue weighted by molar-refractivity contribution is 0.0700. The molecule has 1 atom stereocenters. The van der Waals surface area contributed by atoms with Crippen molar-refractivity contribution in [2.45, 2.75) is 25.4 Å². The second-order valence-electron chi connectivity index (χ2n) is 3.67. The lowest BCUT2D eigenvalue weighted by atomic mass is 10.1. The van der Waals surface area contributed by atoms with Crippen molar-refractivity contribution in [1.29, 1.82) is 5.26 Å². The minimum absolute atomic E-state index is 0.478. The van der Waals surface area contributed by atoms with Crippen LogP contribution in [0.1, 0.15) is 22.6 Å². The molecular weight excluding hydrogens is 208 g/mol. The van der Waals surface area contributed by atoms with Crippen LogP contribution in [0.5, 0.6) is 0 Å². The van der Waals surface area contributed by atoms with E-state index < -0.39 is 0 Å². The Balaban J connectivity index is 1.79. The van der Waals surface area contributed by atoms with Crippen LogP contribution < -0.4 is 5.32 Å². The van der Waals surface area contributed by atoms with Crippen molar-refractivity contribution >= 4 is 11.3 Å². The number of nitrogens with one attached hydrogen (secondary N) is 1. The quantitative estimate of drug-likeness (QED) is 0.849. The maximum absolute atomic E-state index is 8.69. The Morgan fingerprint density at radius 3 is 3.20 bits per heavy atom. The zero-order valence-electron chi connectivity index (χ0n) is 8.53. The molecule has 1 unspecified atom stereocenters.